The van der Waals surface area contributed by atoms with Crippen LogP contribution in [0.15, 0.2) is 57.7 Å². The maximum atomic E-state index is 12.5. The van der Waals surface area contributed by atoms with Crippen LogP contribution in [-0.2, 0) is 17.8 Å². The summed E-state index contributed by atoms with van der Waals surface area (Å²) in [5.41, 5.74) is 3.42. The van der Waals surface area contributed by atoms with Gasteiger partial charge in [0.05, 0.1) is 5.52 Å². The highest BCUT2D eigenvalue weighted by Crippen LogP contribution is 2.38. The number of fused-ring (bicyclic) bond motifs is 1. The van der Waals surface area contributed by atoms with E-state index in [4.69, 9.17) is 4.42 Å². The monoisotopic (exact) mass is 336 g/mol. The Labute approximate surface area is 145 Å². The van der Waals surface area contributed by atoms with Crippen molar-refractivity contribution in [2.24, 2.45) is 0 Å². The van der Waals surface area contributed by atoms with Gasteiger partial charge in [-0.3, -0.25) is 9.36 Å². The molecule has 25 heavy (non-hydrogen) atoms. The number of aryl methyl sites for hydroxylation is 1. The molecule has 0 bridgehead atoms. The summed E-state index contributed by atoms with van der Waals surface area (Å²) < 4.78 is 6.56. The average Bonchev–Trinajstić information content (AvgIpc) is 3.24. The molecule has 128 valence electrons. The minimum absolute atomic E-state index is 0.0224. The van der Waals surface area contributed by atoms with E-state index < -0.39 is 5.76 Å². The lowest BCUT2D eigenvalue weighted by molar-refractivity contribution is -0.122. The largest absolute Gasteiger partial charge is 0.420 e. The van der Waals surface area contributed by atoms with Crippen LogP contribution in [0.5, 0.6) is 0 Å². The molecule has 5 nitrogen and oxygen atoms in total. The molecule has 4 rings (SSSR count). The molecule has 1 aliphatic carbocycles. The van der Waals surface area contributed by atoms with Crippen molar-refractivity contribution in [3.63, 3.8) is 0 Å². The maximum absolute atomic E-state index is 12.5. The van der Waals surface area contributed by atoms with Crippen molar-refractivity contribution < 1.29 is 9.21 Å². The van der Waals surface area contributed by atoms with E-state index in [9.17, 15) is 9.59 Å². The number of carbonyl (C=O) groups excluding carboxylic acids is 1. The van der Waals surface area contributed by atoms with E-state index in [1.807, 2.05) is 12.1 Å². The van der Waals surface area contributed by atoms with Crippen molar-refractivity contribution >= 4 is 17.0 Å². The van der Waals surface area contributed by atoms with Gasteiger partial charge in [-0.25, -0.2) is 4.79 Å². The maximum Gasteiger partial charge on any atom is 0.420 e. The van der Waals surface area contributed by atoms with Gasteiger partial charge in [-0.1, -0.05) is 42.0 Å². The molecule has 1 aliphatic rings. The van der Waals surface area contributed by atoms with E-state index in [0.717, 1.165) is 19.3 Å². The summed E-state index contributed by atoms with van der Waals surface area (Å²) in [7, 11) is 0. The van der Waals surface area contributed by atoms with Gasteiger partial charge >= 0.3 is 5.76 Å². The third kappa shape index (κ3) is 3.22. The zero-order valence-electron chi connectivity index (χ0n) is 14.1. The number of hydrogen-bond acceptors (Lipinski definition) is 3. The molecule has 1 saturated carbocycles. The molecule has 0 radical (unpaired) electrons. The van der Waals surface area contributed by atoms with Crippen LogP contribution in [0.2, 0.25) is 0 Å². The van der Waals surface area contributed by atoms with Crippen molar-refractivity contribution in [3.8, 4) is 0 Å². The first kappa shape index (κ1) is 15.7. The van der Waals surface area contributed by atoms with E-state index in [1.165, 1.54) is 15.7 Å². The summed E-state index contributed by atoms with van der Waals surface area (Å²) in [6, 6.07) is 15.5. The highest BCUT2D eigenvalue weighted by molar-refractivity contribution is 5.80. The fourth-order valence-corrected chi connectivity index (χ4v) is 3.35. The zero-order valence-corrected chi connectivity index (χ0v) is 14.1. The summed E-state index contributed by atoms with van der Waals surface area (Å²) in [4.78, 5) is 24.5. The SMILES string of the molecule is Cc1cccc(CC2(NC(=O)Cn3c(=O)oc4ccccc43)CC2)c1. The van der Waals surface area contributed by atoms with Crippen LogP contribution in [-0.4, -0.2) is 16.0 Å². The van der Waals surface area contributed by atoms with Gasteiger partial charge in [0.2, 0.25) is 5.91 Å². The first-order valence-electron chi connectivity index (χ1n) is 8.50. The predicted octanol–water partition coefficient (Wildman–Crippen LogP) is 2.79. The Bertz CT molecular complexity index is 995. The van der Waals surface area contributed by atoms with Gasteiger partial charge < -0.3 is 9.73 Å². The molecule has 1 N–H and O–H groups in total. The van der Waals surface area contributed by atoms with E-state index in [0.29, 0.717) is 11.1 Å². The van der Waals surface area contributed by atoms with Gasteiger partial charge in [0.1, 0.15) is 6.54 Å². The average molecular weight is 336 g/mol. The quantitative estimate of drug-likeness (QED) is 0.779. The van der Waals surface area contributed by atoms with E-state index >= 15 is 0 Å². The lowest BCUT2D eigenvalue weighted by Crippen LogP contribution is -2.41. The second-order valence-corrected chi connectivity index (χ2v) is 6.92. The number of oxazole rings is 1. The number of hydrogen-bond donors (Lipinski definition) is 1. The number of benzene rings is 2. The lowest BCUT2D eigenvalue weighted by Gasteiger charge is -2.18. The predicted molar refractivity (Wildman–Crippen MR) is 95.5 cm³/mol. The number of nitrogens with one attached hydrogen (secondary N) is 1. The summed E-state index contributed by atoms with van der Waals surface area (Å²) >= 11 is 0. The second kappa shape index (κ2) is 5.92. The van der Waals surface area contributed by atoms with E-state index in [1.54, 1.807) is 18.2 Å². The Morgan fingerprint density at radius 2 is 2.00 bits per heavy atom. The van der Waals surface area contributed by atoms with Gasteiger partial charge in [0, 0.05) is 5.54 Å². The highest BCUT2D eigenvalue weighted by atomic mass is 16.4. The van der Waals surface area contributed by atoms with E-state index in [-0.39, 0.29) is 18.0 Å². The molecule has 0 aliphatic heterocycles. The molecule has 3 aromatic rings. The van der Waals surface area contributed by atoms with Crippen LogP contribution in [0.25, 0.3) is 11.1 Å². The minimum atomic E-state index is -0.500. The van der Waals surface area contributed by atoms with Crippen LogP contribution in [0.3, 0.4) is 0 Å². The number of rotatable bonds is 5. The number of carbonyl (C=O) groups is 1. The Balaban J connectivity index is 1.48. The molecule has 0 spiro atoms. The molecule has 1 heterocycles. The number of aromatic nitrogens is 1. The Morgan fingerprint density at radius 3 is 2.76 bits per heavy atom. The topological polar surface area (TPSA) is 64.2 Å². The zero-order chi connectivity index (χ0) is 17.4. The molecule has 1 fully saturated rings. The van der Waals surface area contributed by atoms with Crippen molar-refractivity contribution in [2.45, 2.75) is 38.3 Å². The third-order valence-electron chi connectivity index (χ3n) is 4.76. The van der Waals surface area contributed by atoms with Crippen molar-refractivity contribution in [1.82, 2.24) is 9.88 Å². The van der Waals surface area contributed by atoms with Gasteiger partial charge in [0.25, 0.3) is 0 Å². The smallest absolute Gasteiger partial charge is 0.408 e. The fourth-order valence-electron chi connectivity index (χ4n) is 3.35. The van der Waals surface area contributed by atoms with Gasteiger partial charge in [-0.2, -0.15) is 0 Å². The molecule has 5 heteroatoms. The Hall–Kier alpha value is -2.82. The molecule has 2 aromatic carbocycles. The Kier molecular flexibility index (Phi) is 3.71. The van der Waals surface area contributed by atoms with Crippen molar-refractivity contribution in [2.75, 3.05) is 0 Å². The van der Waals surface area contributed by atoms with Crippen LogP contribution in [0, 0.1) is 6.92 Å². The fraction of sp³-hybridized carbons (Fsp3) is 0.300. The molecular formula is C20H20N2O3. The second-order valence-electron chi connectivity index (χ2n) is 6.92. The van der Waals surface area contributed by atoms with E-state index in [2.05, 4.69) is 30.4 Å². The van der Waals surface area contributed by atoms with Crippen molar-refractivity contribution in [1.29, 1.82) is 0 Å². The number of para-hydroxylation sites is 2. The summed E-state index contributed by atoms with van der Waals surface area (Å²) in [5, 5.41) is 3.13. The number of nitrogens with zero attached hydrogens (tertiary/aromatic N) is 1. The summed E-state index contributed by atoms with van der Waals surface area (Å²) in [6.07, 6.45) is 2.75. The minimum Gasteiger partial charge on any atom is -0.408 e. The van der Waals surface area contributed by atoms with Crippen LogP contribution >= 0.6 is 0 Å². The molecule has 0 atom stereocenters. The first-order valence-corrected chi connectivity index (χ1v) is 8.50. The van der Waals surface area contributed by atoms with Crippen LogP contribution in [0.4, 0.5) is 0 Å². The molecule has 0 saturated heterocycles. The lowest BCUT2D eigenvalue weighted by atomic mass is 10.0. The first-order chi connectivity index (χ1) is 12.0. The molecule has 1 aromatic heterocycles. The Morgan fingerprint density at radius 1 is 1.20 bits per heavy atom. The van der Waals surface area contributed by atoms with Crippen LogP contribution < -0.4 is 11.1 Å². The molecule has 1 amide bonds. The van der Waals surface area contributed by atoms with Gasteiger partial charge in [-0.15, -0.1) is 0 Å². The van der Waals surface area contributed by atoms with Crippen molar-refractivity contribution in [3.05, 3.63) is 70.2 Å². The molecular weight excluding hydrogens is 316 g/mol. The summed E-state index contributed by atoms with van der Waals surface area (Å²) in [6.45, 7) is 2.05. The number of amides is 1. The van der Waals surface area contributed by atoms with Gasteiger partial charge in [0.15, 0.2) is 5.58 Å². The van der Waals surface area contributed by atoms with Gasteiger partial charge in [-0.05, 0) is 43.9 Å². The molecule has 0 unspecified atom stereocenters. The third-order valence-corrected chi connectivity index (χ3v) is 4.76. The highest BCUT2D eigenvalue weighted by Gasteiger charge is 2.43. The summed E-state index contributed by atoms with van der Waals surface area (Å²) in [5.74, 6) is -0.654. The standard InChI is InChI=1S/C20H20N2O3/c1-14-5-4-6-15(11-14)12-20(9-10-20)21-18(23)13-22-16-7-2-3-8-17(16)25-19(22)24/h2-8,11H,9-10,12-13H2,1H3,(H,21,23). The normalized spacial score (nSPS) is 15.2. The van der Waals surface area contributed by atoms with Crippen LogP contribution in [0.1, 0.15) is 24.0 Å².